The second kappa shape index (κ2) is 6.49. The highest BCUT2D eigenvalue weighted by molar-refractivity contribution is 5.27. The van der Waals surface area contributed by atoms with Crippen LogP contribution in [0.5, 0.6) is 0 Å². The number of nitrogens with two attached hydrogens (primary N) is 1. The summed E-state index contributed by atoms with van der Waals surface area (Å²) in [5.74, 6) is 2.13. The number of aliphatic hydroxyl groups excluding tert-OH is 1. The molecule has 0 amide bonds. The minimum atomic E-state index is 0.107. The van der Waals surface area contributed by atoms with Crippen molar-refractivity contribution in [2.75, 3.05) is 13.2 Å². The first-order valence-corrected chi connectivity index (χ1v) is 10.5. The van der Waals surface area contributed by atoms with Gasteiger partial charge in [0, 0.05) is 12.3 Å². The van der Waals surface area contributed by atoms with Crippen LogP contribution in [0.25, 0.3) is 0 Å². The fourth-order valence-electron chi connectivity index (χ4n) is 7.17. The van der Waals surface area contributed by atoms with Gasteiger partial charge in [-0.3, -0.25) is 5.10 Å². The van der Waals surface area contributed by atoms with Crippen molar-refractivity contribution in [3.05, 3.63) is 29.1 Å². The second-order valence-corrected chi connectivity index (χ2v) is 9.56. The van der Waals surface area contributed by atoms with Crippen molar-refractivity contribution < 1.29 is 5.11 Å². The van der Waals surface area contributed by atoms with E-state index in [-0.39, 0.29) is 12.0 Å². The molecule has 4 N–H and O–H groups in total. The molecule has 26 heavy (non-hydrogen) atoms. The van der Waals surface area contributed by atoms with E-state index in [9.17, 15) is 5.11 Å². The summed E-state index contributed by atoms with van der Waals surface area (Å²) < 4.78 is 0. The van der Waals surface area contributed by atoms with Gasteiger partial charge in [0.2, 0.25) is 0 Å². The zero-order valence-electron chi connectivity index (χ0n) is 16.6. The third kappa shape index (κ3) is 2.45. The van der Waals surface area contributed by atoms with Crippen molar-refractivity contribution in [2.24, 2.45) is 40.2 Å². The Morgan fingerprint density at radius 2 is 2.15 bits per heavy atom. The SMILES string of the molecule is CC=C1CC[C@H]2[C@H](CN)[C@@H]([C@@]3(C)Cc4cn[nH]c4C[C@@H]3CO)CC[C@]12C. The van der Waals surface area contributed by atoms with Gasteiger partial charge in [-0.1, -0.05) is 25.5 Å². The molecule has 4 heteroatoms. The number of allylic oxidation sites excluding steroid dienone is 2. The highest BCUT2D eigenvalue weighted by Crippen LogP contribution is 2.63. The predicted molar refractivity (Wildman–Crippen MR) is 105 cm³/mol. The van der Waals surface area contributed by atoms with Crippen LogP contribution in [0.4, 0.5) is 0 Å². The molecule has 0 unspecified atom stereocenters. The summed E-state index contributed by atoms with van der Waals surface area (Å²) in [5.41, 5.74) is 11.1. The maximum Gasteiger partial charge on any atom is 0.0522 e. The molecular weight excluding hydrogens is 322 g/mol. The van der Waals surface area contributed by atoms with Gasteiger partial charge in [-0.05, 0) is 92.1 Å². The van der Waals surface area contributed by atoms with Crippen molar-refractivity contribution >= 4 is 0 Å². The Hall–Kier alpha value is -1.13. The summed E-state index contributed by atoms with van der Waals surface area (Å²) in [6.45, 7) is 8.14. The Bertz CT molecular complexity index is 695. The lowest BCUT2D eigenvalue weighted by Crippen LogP contribution is -2.53. The fraction of sp³-hybridized carbons (Fsp3) is 0.773. The highest BCUT2D eigenvalue weighted by atomic mass is 16.3. The van der Waals surface area contributed by atoms with Crippen molar-refractivity contribution in [1.82, 2.24) is 10.2 Å². The average molecular weight is 358 g/mol. The maximum atomic E-state index is 10.2. The zero-order chi connectivity index (χ0) is 18.5. The number of aromatic amines is 1. The minimum Gasteiger partial charge on any atom is -0.396 e. The number of hydrogen-bond acceptors (Lipinski definition) is 3. The molecule has 144 valence electrons. The van der Waals surface area contributed by atoms with Gasteiger partial charge in [0.05, 0.1) is 6.20 Å². The Morgan fingerprint density at radius 3 is 2.85 bits per heavy atom. The first-order valence-electron chi connectivity index (χ1n) is 10.5. The minimum absolute atomic E-state index is 0.107. The lowest BCUT2D eigenvalue weighted by molar-refractivity contribution is -0.0536. The van der Waals surface area contributed by atoms with Crippen molar-refractivity contribution in [1.29, 1.82) is 0 Å². The van der Waals surface area contributed by atoms with Crippen LogP contribution < -0.4 is 5.73 Å². The summed E-state index contributed by atoms with van der Waals surface area (Å²) >= 11 is 0. The molecule has 3 aliphatic rings. The number of aliphatic hydroxyl groups is 1. The molecule has 4 rings (SSSR count). The standard InChI is InChI=1S/C22H35N3O/c1-4-15-5-6-18-17(11-23)19(7-8-21(15,18)2)22(3)10-14-12-24-25-20(14)9-16(22)13-26/h4,12,16-19,26H,5-11,13,23H2,1-3H3,(H,24,25)/t16-,17+,18+,19+,21-,22+/m1/s1. The Labute approximate surface area is 157 Å². The molecule has 0 bridgehead atoms. The quantitative estimate of drug-likeness (QED) is 0.725. The lowest BCUT2D eigenvalue weighted by Gasteiger charge is -2.55. The second-order valence-electron chi connectivity index (χ2n) is 9.56. The van der Waals surface area contributed by atoms with E-state index in [1.54, 1.807) is 5.57 Å². The summed E-state index contributed by atoms with van der Waals surface area (Å²) in [7, 11) is 0. The van der Waals surface area contributed by atoms with E-state index in [1.165, 1.54) is 36.9 Å². The number of nitrogens with zero attached hydrogens (tertiary/aromatic N) is 1. The van der Waals surface area contributed by atoms with Crippen molar-refractivity contribution in [3.63, 3.8) is 0 Å². The van der Waals surface area contributed by atoms with Crippen LogP contribution in [0, 0.1) is 34.5 Å². The molecule has 0 saturated heterocycles. The summed E-state index contributed by atoms with van der Waals surface area (Å²) in [5, 5.41) is 17.6. The van der Waals surface area contributed by atoms with Crippen LogP contribution in [-0.2, 0) is 12.8 Å². The molecule has 1 aromatic rings. The van der Waals surface area contributed by atoms with Crippen LogP contribution in [0.2, 0.25) is 0 Å². The monoisotopic (exact) mass is 357 g/mol. The molecule has 2 saturated carbocycles. The third-order valence-corrected chi connectivity index (χ3v) is 8.74. The summed E-state index contributed by atoms with van der Waals surface area (Å²) in [6.07, 6.45) is 11.3. The molecule has 4 nitrogen and oxygen atoms in total. The van der Waals surface area contributed by atoms with Gasteiger partial charge in [-0.25, -0.2) is 0 Å². The zero-order valence-corrected chi connectivity index (χ0v) is 16.6. The number of hydrogen-bond donors (Lipinski definition) is 3. The molecule has 0 aromatic carbocycles. The number of fused-ring (bicyclic) bond motifs is 2. The molecule has 1 heterocycles. The number of rotatable bonds is 3. The predicted octanol–water partition coefficient (Wildman–Crippen LogP) is 3.47. The van der Waals surface area contributed by atoms with Crippen molar-refractivity contribution in [2.45, 2.75) is 59.3 Å². The largest absolute Gasteiger partial charge is 0.396 e. The molecular formula is C22H35N3O. The van der Waals surface area contributed by atoms with E-state index in [0.29, 0.717) is 29.1 Å². The van der Waals surface area contributed by atoms with Crippen LogP contribution in [0.1, 0.15) is 57.7 Å². The van der Waals surface area contributed by atoms with E-state index < -0.39 is 0 Å². The lowest BCUT2D eigenvalue weighted by atomic mass is 9.49. The van der Waals surface area contributed by atoms with Crippen LogP contribution in [-0.4, -0.2) is 28.5 Å². The third-order valence-electron chi connectivity index (χ3n) is 8.74. The van der Waals surface area contributed by atoms with Gasteiger partial charge in [0.15, 0.2) is 0 Å². The Morgan fingerprint density at radius 1 is 1.35 bits per heavy atom. The Balaban J connectivity index is 1.69. The van der Waals surface area contributed by atoms with E-state index in [0.717, 1.165) is 19.4 Å². The summed E-state index contributed by atoms with van der Waals surface area (Å²) in [6, 6.07) is 0. The van der Waals surface area contributed by atoms with Crippen LogP contribution in [0.3, 0.4) is 0 Å². The van der Waals surface area contributed by atoms with E-state index >= 15 is 0 Å². The topological polar surface area (TPSA) is 74.9 Å². The number of aromatic nitrogens is 2. The van der Waals surface area contributed by atoms with E-state index in [1.807, 2.05) is 6.20 Å². The van der Waals surface area contributed by atoms with Gasteiger partial charge in [-0.15, -0.1) is 0 Å². The maximum absolute atomic E-state index is 10.2. The van der Waals surface area contributed by atoms with E-state index in [4.69, 9.17) is 5.73 Å². The van der Waals surface area contributed by atoms with E-state index in [2.05, 4.69) is 37.0 Å². The molecule has 0 radical (unpaired) electrons. The van der Waals surface area contributed by atoms with Gasteiger partial charge in [-0.2, -0.15) is 5.10 Å². The normalized spacial score (nSPS) is 44.1. The smallest absolute Gasteiger partial charge is 0.0522 e. The first kappa shape index (κ1) is 18.2. The molecule has 2 fully saturated rings. The molecule has 0 aliphatic heterocycles. The first-order chi connectivity index (χ1) is 12.5. The molecule has 3 aliphatic carbocycles. The Kier molecular flexibility index (Phi) is 4.55. The molecule has 1 aromatic heterocycles. The van der Waals surface area contributed by atoms with Gasteiger partial charge in [0.25, 0.3) is 0 Å². The number of H-pyrrole nitrogens is 1. The fourth-order valence-corrected chi connectivity index (χ4v) is 7.17. The molecule has 0 spiro atoms. The van der Waals surface area contributed by atoms with Gasteiger partial charge >= 0.3 is 0 Å². The average Bonchev–Trinajstić information content (AvgIpc) is 3.22. The highest BCUT2D eigenvalue weighted by Gasteiger charge is 2.56. The van der Waals surface area contributed by atoms with Gasteiger partial charge in [0.1, 0.15) is 0 Å². The summed E-state index contributed by atoms with van der Waals surface area (Å²) in [4.78, 5) is 0. The van der Waals surface area contributed by atoms with Crippen LogP contribution in [0.15, 0.2) is 17.8 Å². The van der Waals surface area contributed by atoms with Crippen molar-refractivity contribution in [3.8, 4) is 0 Å². The van der Waals surface area contributed by atoms with Gasteiger partial charge < -0.3 is 10.8 Å². The number of nitrogens with one attached hydrogen (secondary N) is 1. The molecule has 6 atom stereocenters. The van der Waals surface area contributed by atoms with Crippen LogP contribution >= 0.6 is 0 Å².